The lowest BCUT2D eigenvalue weighted by Gasteiger charge is -2.26. The minimum Gasteiger partial charge on any atom is -0.491 e. The molecule has 0 unspecified atom stereocenters. The predicted molar refractivity (Wildman–Crippen MR) is 77.2 cm³/mol. The molecule has 1 aliphatic rings. The van der Waals surface area contributed by atoms with Gasteiger partial charge < -0.3 is 10.5 Å². The number of nitrogens with two attached hydrogens (primary N) is 1. The van der Waals surface area contributed by atoms with Crippen molar-refractivity contribution in [1.82, 2.24) is 9.88 Å². The zero-order valence-electron chi connectivity index (χ0n) is 11.8. The zero-order valence-corrected chi connectivity index (χ0v) is 11.8. The van der Waals surface area contributed by atoms with E-state index in [9.17, 15) is 0 Å². The lowest BCUT2D eigenvalue weighted by Crippen LogP contribution is -2.33. The summed E-state index contributed by atoms with van der Waals surface area (Å²) in [4.78, 5) is 6.82. The summed E-state index contributed by atoms with van der Waals surface area (Å²) in [5.41, 5.74) is 6.87. The van der Waals surface area contributed by atoms with Gasteiger partial charge in [0, 0.05) is 12.6 Å². The van der Waals surface area contributed by atoms with Crippen LogP contribution in [0.25, 0.3) is 0 Å². The average Bonchev–Trinajstić information content (AvgIpc) is 2.48. The van der Waals surface area contributed by atoms with Gasteiger partial charge in [0.05, 0.1) is 11.9 Å². The van der Waals surface area contributed by atoms with Gasteiger partial charge in [-0.15, -0.1) is 0 Å². The fourth-order valence-corrected chi connectivity index (χ4v) is 2.38. The van der Waals surface area contributed by atoms with Gasteiger partial charge in [-0.2, -0.15) is 0 Å². The summed E-state index contributed by atoms with van der Waals surface area (Å²) in [6, 6.07) is 3.96. The van der Waals surface area contributed by atoms with E-state index in [-0.39, 0.29) is 6.04 Å². The van der Waals surface area contributed by atoms with Crippen LogP contribution in [0.5, 0.6) is 5.75 Å². The molecule has 19 heavy (non-hydrogen) atoms. The van der Waals surface area contributed by atoms with Crippen molar-refractivity contribution in [3.63, 3.8) is 0 Å². The Balaban J connectivity index is 1.73. The predicted octanol–water partition coefficient (Wildman–Crippen LogP) is 2.36. The van der Waals surface area contributed by atoms with E-state index in [0.717, 1.165) is 31.0 Å². The highest BCUT2D eigenvalue weighted by Gasteiger charge is 2.09. The molecule has 0 amide bonds. The highest BCUT2D eigenvalue weighted by molar-refractivity contribution is 5.21. The maximum atomic E-state index is 5.93. The summed E-state index contributed by atoms with van der Waals surface area (Å²) in [5, 5.41) is 0. The van der Waals surface area contributed by atoms with Crippen LogP contribution in [0.4, 0.5) is 0 Å². The van der Waals surface area contributed by atoms with Gasteiger partial charge in [0.15, 0.2) is 0 Å². The highest BCUT2D eigenvalue weighted by atomic mass is 16.5. The van der Waals surface area contributed by atoms with E-state index in [2.05, 4.69) is 16.8 Å². The van der Waals surface area contributed by atoms with Gasteiger partial charge in [0.25, 0.3) is 0 Å². The van der Waals surface area contributed by atoms with Gasteiger partial charge in [-0.1, -0.05) is 13.3 Å². The number of likely N-dealkylation sites (tertiary alicyclic amines) is 1. The Morgan fingerprint density at radius 2 is 2.11 bits per heavy atom. The molecule has 0 spiro atoms. The largest absolute Gasteiger partial charge is 0.491 e. The summed E-state index contributed by atoms with van der Waals surface area (Å²) in [5.74, 6) is 0.837. The van der Waals surface area contributed by atoms with Crippen LogP contribution in [0.3, 0.4) is 0 Å². The highest BCUT2D eigenvalue weighted by Crippen LogP contribution is 2.15. The Kier molecular flexibility index (Phi) is 5.61. The molecule has 4 nitrogen and oxygen atoms in total. The average molecular weight is 263 g/mol. The van der Waals surface area contributed by atoms with E-state index in [1.807, 2.05) is 12.1 Å². The molecule has 1 aromatic heterocycles. The van der Waals surface area contributed by atoms with Crippen molar-refractivity contribution in [1.29, 1.82) is 0 Å². The number of hydrogen-bond donors (Lipinski definition) is 1. The van der Waals surface area contributed by atoms with Crippen LogP contribution in [-0.2, 0) is 0 Å². The molecule has 0 radical (unpaired) electrons. The van der Waals surface area contributed by atoms with Gasteiger partial charge >= 0.3 is 0 Å². The monoisotopic (exact) mass is 263 g/mol. The third-order valence-electron chi connectivity index (χ3n) is 3.70. The zero-order chi connectivity index (χ0) is 13.5. The smallest absolute Gasteiger partial charge is 0.137 e. The van der Waals surface area contributed by atoms with Crippen molar-refractivity contribution in [3.05, 3.63) is 24.0 Å². The number of rotatable bonds is 6. The Morgan fingerprint density at radius 1 is 1.32 bits per heavy atom. The van der Waals surface area contributed by atoms with Crippen LogP contribution < -0.4 is 10.5 Å². The van der Waals surface area contributed by atoms with Crippen LogP contribution in [0.1, 0.15) is 44.3 Å². The summed E-state index contributed by atoms with van der Waals surface area (Å²) in [6.07, 6.45) is 6.71. The maximum absolute atomic E-state index is 5.93. The summed E-state index contributed by atoms with van der Waals surface area (Å²) in [6.45, 7) is 6.24. The Morgan fingerprint density at radius 3 is 2.74 bits per heavy atom. The molecule has 1 aromatic rings. The molecule has 1 fully saturated rings. The lowest BCUT2D eigenvalue weighted by atomic mass is 10.1. The lowest BCUT2D eigenvalue weighted by molar-refractivity contribution is 0.183. The van der Waals surface area contributed by atoms with Crippen LogP contribution in [0, 0.1) is 0 Å². The fraction of sp³-hybridized carbons (Fsp3) is 0.667. The number of hydrogen-bond acceptors (Lipinski definition) is 4. The molecule has 2 heterocycles. The number of nitrogens with zero attached hydrogens (tertiary/aromatic N) is 2. The minimum atomic E-state index is 0.0300. The molecule has 4 heteroatoms. The van der Waals surface area contributed by atoms with Crippen molar-refractivity contribution in [2.24, 2.45) is 5.73 Å². The molecule has 106 valence electrons. The molecular weight excluding hydrogens is 238 g/mol. The van der Waals surface area contributed by atoms with Gasteiger partial charge in [-0.25, -0.2) is 0 Å². The SMILES string of the molecule is CC[C@@H](N)c1ccc(OCCN2CCCCC2)cn1. The van der Waals surface area contributed by atoms with Crippen molar-refractivity contribution < 1.29 is 4.74 Å². The van der Waals surface area contributed by atoms with Crippen LogP contribution in [0.15, 0.2) is 18.3 Å². The summed E-state index contributed by atoms with van der Waals surface area (Å²) < 4.78 is 5.73. The normalized spacial score (nSPS) is 18.2. The van der Waals surface area contributed by atoms with E-state index in [0.29, 0.717) is 0 Å². The quantitative estimate of drug-likeness (QED) is 0.856. The molecular formula is C15H25N3O. The maximum Gasteiger partial charge on any atom is 0.137 e. The first-order valence-electron chi connectivity index (χ1n) is 7.36. The second-order valence-corrected chi connectivity index (χ2v) is 5.18. The first-order valence-corrected chi connectivity index (χ1v) is 7.36. The number of ether oxygens (including phenoxy) is 1. The van der Waals surface area contributed by atoms with Crippen LogP contribution >= 0.6 is 0 Å². The van der Waals surface area contributed by atoms with Crippen molar-refractivity contribution in [2.75, 3.05) is 26.2 Å². The van der Waals surface area contributed by atoms with Crippen molar-refractivity contribution >= 4 is 0 Å². The van der Waals surface area contributed by atoms with Gasteiger partial charge in [0.2, 0.25) is 0 Å². The summed E-state index contributed by atoms with van der Waals surface area (Å²) in [7, 11) is 0. The Hall–Kier alpha value is -1.13. The number of aromatic nitrogens is 1. The molecule has 2 N–H and O–H groups in total. The third kappa shape index (κ3) is 4.48. The van der Waals surface area contributed by atoms with Crippen LogP contribution in [0.2, 0.25) is 0 Å². The molecule has 0 aliphatic carbocycles. The number of piperidine rings is 1. The molecule has 1 saturated heterocycles. The van der Waals surface area contributed by atoms with E-state index in [1.165, 1.54) is 32.4 Å². The summed E-state index contributed by atoms with van der Waals surface area (Å²) >= 11 is 0. The molecule has 0 saturated carbocycles. The first kappa shape index (κ1) is 14.3. The first-order chi connectivity index (χ1) is 9.29. The van der Waals surface area contributed by atoms with Crippen LogP contribution in [-0.4, -0.2) is 36.1 Å². The second kappa shape index (κ2) is 7.46. The second-order valence-electron chi connectivity index (χ2n) is 5.18. The van der Waals surface area contributed by atoms with Gasteiger partial charge in [-0.3, -0.25) is 9.88 Å². The molecule has 0 aromatic carbocycles. The molecule has 2 rings (SSSR count). The van der Waals surface area contributed by atoms with Crippen molar-refractivity contribution in [2.45, 2.75) is 38.6 Å². The number of pyridine rings is 1. The van der Waals surface area contributed by atoms with Crippen molar-refractivity contribution in [3.8, 4) is 5.75 Å². The molecule has 1 atom stereocenters. The van der Waals surface area contributed by atoms with Gasteiger partial charge in [0.1, 0.15) is 12.4 Å². The molecule has 1 aliphatic heterocycles. The van der Waals surface area contributed by atoms with E-state index in [1.54, 1.807) is 6.20 Å². The van der Waals surface area contributed by atoms with E-state index < -0.39 is 0 Å². The fourth-order valence-electron chi connectivity index (χ4n) is 2.38. The Labute approximate surface area is 116 Å². The van der Waals surface area contributed by atoms with Gasteiger partial charge in [-0.05, 0) is 44.5 Å². The third-order valence-corrected chi connectivity index (χ3v) is 3.70. The van der Waals surface area contributed by atoms with E-state index >= 15 is 0 Å². The molecule has 0 bridgehead atoms. The topological polar surface area (TPSA) is 51.4 Å². The Bertz CT molecular complexity index is 360. The van der Waals surface area contributed by atoms with E-state index in [4.69, 9.17) is 10.5 Å². The standard InChI is InChI=1S/C15H25N3O/c1-2-14(16)15-7-6-13(12-17-15)19-11-10-18-8-4-3-5-9-18/h6-7,12,14H,2-5,8-11,16H2,1H3/t14-/m1/s1. The minimum absolute atomic E-state index is 0.0300.